The molecule has 0 aliphatic rings. The van der Waals surface area contributed by atoms with Gasteiger partial charge in [0, 0.05) is 13.0 Å². The Balaban J connectivity index is 4.85. The van der Waals surface area contributed by atoms with Crippen LogP contribution < -0.4 is 0 Å². The van der Waals surface area contributed by atoms with Gasteiger partial charge in [-0.1, -0.05) is 20.3 Å². The summed E-state index contributed by atoms with van der Waals surface area (Å²) < 4.78 is 4.87. The summed E-state index contributed by atoms with van der Waals surface area (Å²) in [6.07, 6.45) is -2.72. The Morgan fingerprint density at radius 3 is 2.33 bits per heavy atom. The van der Waals surface area contributed by atoms with Crippen molar-refractivity contribution in [3.8, 4) is 0 Å². The highest BCUT2D eigenvalue weighted by Crippen LogP contribution is 2.10. The number of carboxylic acid groups (broad SMARTS) is 1. The van der Waals surface area contributed by atoms with Gasteiger partial charge in [0.05, 0.1) is 6.61 Å². The molecule has 0 heterocycles. The van der Waals surface area contributed by atoms with Crippen LogP contribution in [0.25, 0.3) is 0 Å². The molecule has 0 aromatic rings. The van der Waals surface area contributed by atoms with E-state index in [1.165, 1.54) is 0 Å². The van der Waals surface area contributed by atoms with Crippen molar-refractivity contribution in [3.63, 3.8) is 0 Å². The van der Waals surface area contributed by atoms with Crippen molar-refractivity contribution >= 4 is 12.1 Å². The second-order valence-corrected chi connectivity index (χ2v) is 3.81. The van der Waals surface area contributed by atoms with Crippen molar-refractivity contribution in [1.29, 1.82) is 0 Å². The fraction of sp³-hybridized carbons (Fsp3) is 0.818. The lowest BCUT2D eigenvalue weighted by Gasteiger charge is -2.31. The van der Waals surface area contributed by atoms with Crippen molar-refractivity contribution in [3.05, 3.63) is 0 Å². The molecule has 0 saturated carbocycles. The largest absolute Gasteiger partial charge is 0.465 e. The number of nitrogens with zero attached hydrogens (tertiary/aromatic N) is 1. The molecule has 0 radical (unpaired) electrons. The van der Waals surface area contributed by atoms with E-state index in [-0.39, 0.29) is 13.0 Å². The van der Waals surface area contributed by atoms with Crippen LogP contribution in [0.5, 0.6) is 0 Å². The maximum absolute atomic E-state index is 11.2. The Morgan fingerprint density at radius 1 is 1.33 bits per heavy atom. The first-order chi connectivity index (χ1) is 8.47. The maximum atomic E-state index is 11.2. The van der Waals surface area contributed by atoms with E-state index < -0.39 is 31.0 Å². The van der Waals surface area contributed by atoms with Crippen molar-refractivity contribution < 1.29 is 29.6 Å². The summed E-state index contributed by atoms with van der Waals surface area (Å²) in [5.41, 5.74) is 0. The van der Waals surface area contributed by atoms with E-state index in [2.05, 4.69) is 0 Å². The molecule has 0 aliphatic carbocycles. The van der Waals surface area contributed by atoms with Crippen molar-refractivity contribution in [1.82, 2.24) is 4.90 Å². The molecule has 18 heavy (non-hydrogen) atoms. The van der Waals surface area contributed by atoms with Gasteiger partial charge in [-0.25, -0.2) is 4.79 Å². The van der Waals surface area contributed by atoms with Gasteiger partial charge in [0.1, 0.15) is 6.10 Å². The highest BCUT2D eigenvalue weighted by molar-refractivity contribution is 5.70. The number of carbonyl (C=O) groups excluding carboxylic acids is 1. The Kier molecular flexibility index (Phi) is 8.06. The number of unbranched alkanes of at least 4 members (excludes halogenated alkanes) is 1. The Labute approximate surface area is 106 Å². The van der Waals surface area contributed by atoms with Crippen LogP contribution in [0, 0.1) is 0 Å². The van der Waals surface area contributed by atoms with E-state index in [1.54, 1.807) is 6.92 Å². The van der Waals surface area contributed by atoms with Crippen LogP contribution >= 0.6 is 0 Å². The van der Waals surface area contributed by atoms with Gasteiger partial charge >= 0.3 is 12.1 Å². The first-order valence-electron chi connectivity index (χ1n) is 5.95. The third-order valence-electron chi connectivity index (χ3n) is 2.36. The van der Waals surface area contributed by atoms with E-state index in [0.29, 0.717) is 6.42 Å². The highest BCUT2D eigenvalue weighted by Gasteiger charge is 2.32. The Bertz CT molecular complexity index is 270. The van der Waals surface area contributed by atoms with E-state index >= 15 is 0 Å². The van der Waals surface area contributed by atoms with E-state index in [4.69, 9.17) is 14.9 Å². The molecular formula is C11H21NO6. The van der Waals surface area contributed by atoms with E-state index in [1.807, 2.05) is 6.92 Å². The van der Waals surface area contributed by atoms with Crippen LogP contribution in [0.1, 0.15) is 33.1 Å². The topological polar surface area (TPSA) is 107 Å². The third-order valence-corrected chi connectivity index (χ3v) is 2.36. The lowest BCUT2D eigenvalue weighted by atomic mass is 10.2. The number of esters is 1. The molecule has 2 atom stereocenters. The maximum Gasteiger partial charge on any atom is 0.410 e. The molecule has 7 heteroatoms. The predicted molar refractivity (Wildman–Crippen MR) is 62.9 cm³/mol. The van der Waals surface area contributed by atoms with E-state index in [9.17, 15) is 14.7 Å². The number of rotatable bonds is 8. The standard InChI is InChI=1S/C11H21NO6/c1-3-5-6-12(11(16)17)10(8(14)7-13)18-9(15)4-2/h8,10,13-14H,3-7H2,1-2H3,(H,16,17). The van der Waals surface area contributed by atoms with Gasteiger partial charge in [-0.15, -0.1) is 0 Å². The highest BCUT2D eigenvalue weighted by atomic mass is 16.6. The zero-order valence-electron chi connectivity index (χ0n) is 10.7. The van der Waals surface area contributed by atoms with Crippen molar-refractivity contribution in [2.75, 3.05) is 13.2 Å². The number of carbonyl (C=O) groups is 2. The fourth-order valence-corrected chi connectivity index (χ4v) is 1.32. The average molecular weight is 263 g/mol. The number of amides is 1. The number of hydrogen-bond donors (Lipinski definition) is 3. The molecule has 0 aromatic carbocycles. The normalized spacial score (nSPS) is 13.8. The molecule has 3 N–H and O–H groups in total. The summed E-state index contributed by atoms with van der Waals surface area (Å²) in [4.78, 5) is 23.1. The lowest BCUT2D eigenvalue weighted by Crippen LogP contribution is -2.50. The average Bonchev–Trinajstić information content (AvgIpc) is 2.36. The molecule has 106 valence electrons. The summed E-state index contributed by atoms with van der Waals surface area (Å²) >= 11 is 0. The summed E-state index contributed by atoms with van der Waals surface area (Å²) in [7, 11) is 0. The molecule has 0 fully saturated rings. The second-order valence-electron chi connectivity index (χ2n) is 3.81. The van der Waals surface area contributed by atoms with Crippen molar-refractivity contribution in [2.45, 2.75) is 45.4 Å². The number of aliphatic hydroxyl groups is 2. The predicted octanol–water partition coefficient (Wildman–Crippen LogP) is 0.399. The van der Waals surface area contributed by atoms with Crippen LogP contribution in [0.4, 0.5) is 4.79 Å². The van der Waals surface area contributed by atoms with Crippen LogP contribution in [0.2, 0.25) is 0 Å². The number of hydrogen-bond acceptors (Lipinski definition) is 5. The van der Waals surface area contributed by atoms with Gasteiger partial charge in [-0.05, 0) is 6.42 Å². The van der Waals surface area contributed by atoms with Crippen LogP contribution in [-0.2, 0) is 9.53 Å². The quantitative estimate of drug-likeness (QED) is 0.432. The minimum absolute atomic E-state index is 0.0654. The molecule has 0 aromatic heterocycles. The zero-order valence-corrected chi connectivity index (χ0v) is 10.7. The van der Waals surface area contributed by atoms with Gasteiger partial charge < -0.3 is 20.1 Å². The molecule has 2 unspecified atom stereocenters. The monoisotopic (exact) mass is 263 g/mol. The first kappa shape index (κ1) is 16.7. The van der Waals surface area contributed by atoms with Crippen molar-refractivity contribution in [2.24, 2.45) is 0 Å². The number of aliphatic hydroxyl groups excluding tert-OH is 2. The molecule has 0 aliphatic heterocycles. The zero-order chi connectivity index (χ0) is 14.1. The van der Waals surface area contributed by atoms with Gasteiger partial charge in [0.25, 0.3) is 0 Å². The molecule has 0 saturated heterocycles. The smallest absolute Gasteiger partial charge is 0.410 e. The third kappa shape index (κ3) is 5.33. The van der Waals surface area contributed by atoms with E-state index in [0.717, 1.165) is 11.3 Å². The fourth-order valence-electron chi connectivity index (χ4n) is 1.32. The molecule has 1 amide bonds. The minimum Gasteiger partial charge on any atom is -0.465 e. The summed E-state index contributed by atoms with van der Waals surface area (Å²) in [6, 6.07) is 0. The summed E-state index contributed by atoms with van der Waals surface area (Å²) in [5.74, 6) is -0.629. The lowest BCUT2D eigenvalue weighted by molar-refractivity contribution is -0.171. The summed E-state index contributed by atoms with van der Waals surface area (Å²) in [5, 5.41) is 27.5. The Morgan fingerprint density at radius 2 is 1.94 bits per heavy atom. The van der Waals surface area contributed by atoms with Gasteiger partial charge in [-0.3, -0.25) is 9.69 Å². The minimum atomic E-state index is -1.45. The van der Waals surface area contributed by atoms with Gasteiger partial charge in [0.2, 0.25) is 6.23 Å². The molecule has 7 nitrogen and oxygen atoms in total. The molecule has 0 rings (SSSR count). The number of ether oxygens (including phenoxy) is 1. The van der Waals surface area contributed by atoms with Crippen LogP contribution in [-0.4, -0.2) is 57.8 Å². The van der Waals surface area contributed by atoms with Crippen LogP contribution in [0.3, 0.4) is 0 Å². The van der Waals surface area contributed by atoms with Gasteiger partial charge in [-0.2, -0.15) is 0 Å². The first-order valence-corrected chi connectivity index (χ1v) is 5.95. The molecule has 0 bridgehead atoms. The second kappa shape index (κ2) is 8.71. The van der Waals surface area contributed by atoms with Gasteiger partial charge in [0.15, 0.2) is 0 Å². The Hall–Kier alpha value is -1.34. The summed E-state index contributed by atoms with van der Waals surface area (Å²) in [6.45, 7) is 2.89. The SMILES string of the molecule is CCCCN(C(=O)O)C(OC(=O)CC)C(O)CO. The van der Waals surface area contributed by atoms with Crippen LogP contribution in [0.15, 0.2) is 0 Å². The molecular weight excluding hydrogens is 242 g/mol. The molecule has 0 spiro atoms.